The lowest BCUT2D eigenvalue weighted by molar-refractivity contribution is 0.0969. The highest BCUT2D eigenvalue weighted by Gasteiger charge is 2.35. The van der Waals surface area contributed by atoms with E-state index in [2.05, 4.69) is 10.3 Å². The van der Waals surface area contributed by atoms with Crippen molar-refractivity contribution in [2.75, 3.05) is 19.5 Å². The Morgan fingerprint density at radius 1 is 1.33 bits per heavy atom. The molecule has 0 amide bonds. The van der Waals surface area contributed by atoms with Crippen molar-refractivity contribution in [3.8, 4) is 11.5 Å². The van der Waals surface area contributed by atoms with Gasteiger partial charge in [-0.2, -0.15) is 0 Å². The van der Waals surface area contributed by atoms with E-state index in [0.29, 0.717) is 39.3 Å². The second-order valence-electron chi connectivity index (χ2n) is 5.32. The number of nitrogens with one attached hydrogen (secondary N) is 1. The van der Waals surface area contributed by atoms with E-state index in [-0.39, 0.29) is 5.78 Å². The number of thiocarbonyl (C=S) groups is 1. The molecule has 1 aliphatic rings. The number of nitrogens with zero attached hydrogens (tertiary/aromatic N) is 1. The molecule has 5 nitrogen and oxygen atoms in total. The van der Waals surface area contributed by atoms with E-state index in [1.807, 2.05) is 6.07 Å². The van der Waals surface area contributed by atoms with E-state index in [0.717, 1.165) is 5.56 Å². The molecule has 0 radical (unpaired) electrons. The molecule has 0 saturated carbocycles. The van der Waals surface area contributed by atoms with Gasteiger partial charge in [-0.25, -0.2) is 4.98 Å². The number of carbonyl (C=O) groups excluding carboxylic acids is 1. The summed E-state index contributed by atoms with van der Waals surface area (Å²) in [6.45, 7) is 0. The van der Waals surface area contributed by atoms with Crippen LogP contribution in [-0.4, -0.2) is 30.0 Å². The number of fused-ring (bicyclic) bond motifs is 1. The quantitative estimate of drug-likeness (QED) is 0.663. The van der Waals surface area contributed by atoms with Gasteiger partial charge in [0.25, 0.3) is 0 Å². The Kier molecular flexibility index (Phi) is 4.69. The van der Waals surface area contributed by atoms with E-state index in [4.69, 9.17) is 33.3 Å². The number of carbonyl (C=O) groups is 1. The molecular weight excluding hydrogens is 348 g/mol. The van der Waals surface area contributed by atoms with Crippen LogP contribution in [0.15, 0.2) is 30.5 Å². The normalized spacial score (nSPS) is 15.8. The summed E-state index contributed by atoms with van der Waals surface area (Å²) in [6, 6.07) is 7.04. The van der Waals surface area contributed by atoms with Crippen molar-refractivity contribution in [2.45, 2.75) is 6.42 Å². The molecule has 1 aliphatic carbocycles. The van der Waals surface area contributed by atoms with E-state index in [1.54, 1.807) is 31.5 Å². The average molecular weight is 363 g/mol. The highest BCUT2D eigenvalue weighted by molar-refractivity contribution is 7.80. The van der Waals surface area contributed by atoms with Crippen LogP contribution in [-0.2, 0) is 6.42 Å². The summed E-state index contributed by atoms with van der Waals surface area (Å²) < 4.78 is 10.6. The fraction of sp³-hybridized carbons (Fsp3) is 0.235. The Hall–Kier alpha value is -2.18. The number of hydrogen-bond acceptors (Lipinski definition) is 5. The maximum Gasteiger partial charge on any atom is 0.173 e. The van der Waals surface area contributed by atoms with Crippen LogP contribution in [0.2, 0.25) is 5.15 Å². The Labute approximate surface area is 149 Å². The smallest absolute Gasteiger partial charge is 0.173 e. The van der Waals surface area contributed by atoms with Gasteiger partial charge in [-0.15, -0.1) is 0 Å². The SMILES string of the molecule is COc1cc2c(cc1OC)C(=O)C(C(=S)Nc1cccnc1Cl)C2. The highest BCUT2D eigenvalue weighted by Crippen LogP contribution is 2.37. The molecule has 0 fully saturated rings. The number of anilines is 1. The fourth-order valence-electron chi connectivity index (χ4n) is 2.73. The van der Waals surface area contributed by atoms with Crippen LogP contribution in [0.3, 0.4) is 0 Å². The molecule has 7 heteroatoms. The maximum atomic E-state index is 12.7. The van der Waals surface area contributed by atoms with Crippen LogP contribution in [0.5, 0.6) is 11.5 Å². The average Bonchev–Trinajstić information content (AvgIpc) is 2.91. The molecule has 2 aromatic rings. The molecule has 124 valence electrons. The first-order valence-electron chi connectivity index (χ1n) is 7.25. The molecule has 1 heterocycles. The summed E-state index contributed by atoms with van der Waals surface area (Å²) >= 11 is 11.4. The lowest BCUT2D eigenvalue weighted by atomic mass is 10.1. The number of Topliss-reactive ketones (excluding diaryl/α,β-unsaturated/α-hetero) is 1. The minimum Gasteiger partial charge on any atom is -0.493 e. The largest absolute Gasteiger partial charge is 0.493 e. The number of ether oxygens (including phenoxy) is 2. The predicted molar refractivity (Wildman–Crippen MR) is 96.5 cm³/mol. The van der Waals surface area contributed by atoms with Gasteiger partial charge in [0.1, 0.15) is 0 Å². The molecule has 1 aromatic heterocycles. The van der Waals surface area contributed by atoms with Crippen molar-refractivity contribution in [1.82, 2.24) is 4.98 Å². The van der Waals surface area contributed by atoms with Crippen LogP contribution in [0.25, 0.3) is 0 Å². The zero-order valence-electron chi connectivity index (χ0n) is 13.1. The number of hydrogen-bond donors (Lipinski definition) is 1. The van der Waals surface area contributed by atoms with Crippen molar-refractivity contribution < 1.29 is 14.3 Å². The van der Waals surface area contributed by atoms with Crippen LogP contribution in [0.4, 0.5) is 5.69 Å². The van der Waals surface area contributed by atoms with Crippen molar-refractivity contribution in [2.24, 2.45) is 5.92 Å². The van der Waals surface area contributed by atoms with Crippen molar-refractivity contribution >= 4 is 40.3 Å². The Balaban J connectivity index is 1.85. The highest BCUT2D eigenvalue weighted by atomic mass is 35.5. The molecule has 1 N–H and O–H groups in total. The topological polar surface area (TPSA) is 60.5 Å². The molecule has 1 unspecified atom stereocenters. The number of pyridine rings is 1. The van der Waals surface area contributed by atoms with Crippen LogP contribution >= 0.6 is 23.8 Å². The first kappa shape index (κ1) is 16.7. The third-order valence-electron chi connectivity index (χ3n) is 3.95. The van der Waals surface area contributed by atoms with Gasteiger partial charge in [0.2, 0.25) is 0 Å². The third kappa shape index (κ3) is 2.95. The molecule has 1 atom stereocenters. The van der Waals surface area contributed by atoms with Crippen LogP contribution < -0.4 is 14.8 Å². The summed E-state index contributed by atoms with van der Waals surface area (Å²) in [5.41, 5.74) is 2.09. The van der Waals surface area contributed by atoms with Crippen LogP contribution in [0.1, 0.15) is 15.9 Å². The van der Waals surface area contributed by atoms with Gasteiger partial charge in [-0.3, -0.25) is 4.79 Å². The van der Waals surface area contributed by atoms with E-state index < -0.39 is 5.92 Å². The number of halogens is 1. The van der Waals surface area contributed by atoms with Gasteiger partial charge in [-0.05, 0) is 36.2 Å². The minimum atomic E-state index is -0.442. The summed E-state index contributed by atoms with van der Waals surface area (Å²) in [4.78, 5) is 17.1. The standard InChI is InChI=1S/C17H15ClN2O3S/c1-22-13-7-9-6-11(15(21)10(9)8-14(13)23-2)17(24)20-12-4-3-5-19-16(12)18/h3-5,7-8,11H,6H2,1-2H3,(H,20,24). The van der Waals surface area contributed by atoms with Gasteiger partial charge in [0, 0.05) is 11.8 Å². The Morgan fingerprint density at radius 3 is 2.71 bits per heavy atom. The minimum absolute atomic E-state index is 0.0385. The van der Waals surface area contributed by atoms with E-state index in [9.17, 15) is 4.79 Å². The molecule has 1 aromatic carbocycles. The summed E-state index contributed by atoms with van der Waals surface area (Å²) in [6.07, 6.45) is 2.10. The molecular formula is C17H15ClN2O3S. The van der Waals surface area contributed by atoms with Gasteiger partial charge < -0.3 is 14.8 Å². The molecule has 0 aliphatic heterocycles. The Morgan fingerprint density at radius 2 is 2.04 bits per heavy atom. The second kappa shape index (κ2) is 6.75. The molecule has 0 saturated heterocycles. The molecule has 0 spiro atoms. The Bertz CT molecular complexity index is 825. The van der Waals surface area contributed by atoms with Crippen LogP contribution in [0, 0.1) is 5.92 Å². The molecule has 24 heavy (non-hydrogen) atoms. The third-order valence-corrected chi connectivity index (χ3v) is 4.64. The number of aromatic nitrogens is 1. The number of methoxy groups -OCH3 is 2. The monoisotopic (exact) mass is 362 g/mol. The van der Waals surface area contributed by atoms with E-state index >= 15 is 0 Å². The van der Waals surface area contributed by atoms with Gasteiger partial charge in [0.05, 0.1) is 30.8 Å². The lowest BCUT2D eigenvalue weighted by Gasteiger charge is -2.13. The number of ketones is 1. The second-order valence-corrected chi connectivity index (χ2v) is 6.11. The number of benzene rings is 1. The summed E-state index contributed by atoms with van der Waals surface area (Å²) in [7, 11) is 3.10. The van der Waals surface area contributed by atoms with Gasteiger partial charge >= 0.3 is 0 Å². The van der Waals surface area contributed by atoms with Crippen molar-refractivity contribution in [3.63, 3.8) is 0 Å². The molecule has 3 rings (SSSR count). The van der Waals surface area contributed by atoms with E-state index in [1.165, 1.54) is 7.11 Å². The zero-order chi connectivity index (χ0) is 17.3. The number of rotatable bonds is 4. The first-order valence-corrected chi connectivity index (χ1v) is 8.04. The van der Waals surface area contributed by atoms with Gasteiger partial charge in [-0.1, -0.05) is 23.8 Å². The summed E-state index contributed by atoms with van der Waals surface area (Å²) in [5.74, 6) is 0.643. The van der Waals surface area contributed by atoms with Crippen molar-refractivity contribution in [3.05, 3.63) is 46.7 Å². The predicted octanol–water partition coefficient (Wildman–Crippen LogP) is 3.55. The first-order chi connectivity index (χ1) is 11.5. The van der Waals surface area contributed by atoms with Crippen molar-refractivity contribution in [1.29, 1.82) is 0 Å². The zero-order valence-corrected chi connectivity index (χ0v) is 14.7. The summed E-state index contributed by atoms with van der Waals surface area (Å²) in [5, 5.41) is 3.34. The maximum absolute atomic E-state index is 12.7. The van der Waals surface area contributed by atoms with Gasteiger partial charge in [0.15, 0.2) is 22.4 Å². The fourth-order valence-corrected chi connectivity index (χ4v) is 3.20. The lowest BCUT2D eigenvalue weighted by Crippen LogP contribution is -2.25. The molecule has 0 bridgehead atoms.